The molecule has 2 rings (SSSR count). The van der Waals surface area contributed by atoms with Gasteiger partial charge >= 0.3 is 5.97 Å². The highest BCUT2D eigenvalue weighted by Crippen LogP contribution is 2.28. The average molecular weight is 334 g/mol. The van der Waals surface area contributed by atoms with Crippen LogP contribution in [0, 0.1) is 0 Å². The molecular formula is C11H12BrNO4S. The van der Waals surface area contributed by atoms with E-state index in [0.29, 0.717) is 17.6 Å². The molecule has 5 nitrogen and oxygen atoms in total. The van der Waals surface area contributed by atoms with E-state index in [2.05, 4.69) is 15.9 Å². The lowest BCUT2D eigenvalue weighted by atomic mass is 10.2. The first-order chi connectivity index (χ1) is 8.39. The third kappa shape index (κ3) is 2.84. The molecule has 7 heteroatoms. The van der Waals surface area contributed by atoms with Gasteiger partial charge in [-0.25, -0.2) is 13.2 Å². The van der Waals surface area contributed by atoms with E-state index in [1.54, 1.807) is 6.07 Å². The Balaban J connectivity index is 2.22. The van der Waals surface area contributed by atoms with E-state index < -0.39 is 15.8 Å². The van der Waals surface area contributed by atoms with E-state index in [0.717, 1.165) is 5.69 Å². The van der Waals surface area contributed by atoms with Crippen LogP contribution >= 0.6 is 15.9 Å². The molecule has 0 saturated carbocycles. The van der Waals surface area contributed by atoms with E-state index in [1.165, 1.54) is 12.1 Å². The zero-order valence-corrected chi connectivity index (χ0v) is 11.9. The van der Waals surface area contributed by atoms with Crippen LogP contribution in [0.2, 0.25) is 0 Å². The molecule has 1 fully saturated rings. The van der Waals surface area contributed by atoms with Crippen molar-refractivity contribution in [1.82, 2.24) is 0 Å². The van der Waals surface area contributed by atoms with E-state index >= 15 is 0 Å². The summed E-state index contributed by atoms with van der Waals surface area (Å²) in [4.78, 5) is 12.8. The Morgan fingerprint density at radius 3 is 2.39 bits per heavy atom. The van der Waals surface area contributed by atoms with Crippen molar-refractivity contribution >= 4 is 37.4 Å². The summed E-state index contributed by atoms with van der Waals surface area (Å²) in [5.74, 6) is -0.705. The molecule has 0 bridgehead atoms. The van der Waals surface area contributed by atoms with E-state index in [4.69, 9.17) is 5.11 Å². The summed E-state index contributed by atoms with van der Waals surface area (Å²) in [6.07, 6.45) is 0. The SMILES string of the molecule is O=C(O)c1ccc(N2CCS(=O)(=O)CC2)c(Br)c1. The highest BCUT2D eigenvalue weighted by atomic mass is 79.9. The molecule has 1 aliphatic rings. The zero-order valence-electron chi connectivity index (χ0n) is 9.47. The van der Waals surface area contributed by atoms with Crippen LogP contribution < -0.4 is 4.90 Å². The molecule has 1 aromatic rings. The number of rotatable bonds is 2. The number of anilines is 1. The number of aromatic carboxylic acids is 1. The molecule has 0 amide bonds. The van der Waals surface area contributed by atoms with Gasteiger partial charge in [-0.2, -0.15) is 0 Å². The maximum Gasteiger partial charge on any atom is 0.335 e. The van der Waals surface area contributed by atoms with Gasteiger partial charge in [-0.1, -0.05) is 0 Å². The lowest BCUT2D eigenvalue weighted by Crippen LogP contribution is -2.40. The lowest BCUT2D eigenvalue weighted by molar-refractivity contribution is 0.0697. The number of hydrogen-bond donors (Lipinski definition) is 1. The molecule has 1 N–H and O–H groups in total. The van der Waals surface area contributed by atoms with Crippen LogP contribution in [0.5, 0.6) is 0 Å². The predicted octanol–water partition coefficient (Wildman–Crippen LogP) is 1.38. The second-order valence-electron chi connectivity index (χ2n) is 4.11. The number of sulfone groups is 1. The van der Waals surface area contributed by atoms with Crippen LogP contribution in [0.1, 0.15) is 10.4 Å². The summed E-state index contributed by atoms with van der Waals surface area (Å²) >= 11 is 3.33. The molecule has 0 aromatic heterocycles. The van der Waals surface area contributed by atoms with Crippen molar-refractivity contribution in [3.63, 3.8) is 0 Å². The van der Waals surface area contributed by atoms with Crippen LogP contribution in [0.3, 0.4) is 0 Å². The molecule has 1 heterocycles. The van der Waals surface area contributed by atoms with Crippen molar-refractivity contribution in [3.8, 4) is 0 Å². The number of nitrogens with zero attached hydrogens (tertiary/aromatic N) is 1. The second kappa shape index (κ2) is 4.89. The molecule has 98 valence electrons. The van der Waals surface area contributed by atoms with Gasteiger partial charge < -0.3 is 10.0 Å². The van der Waals surface area contributed by atoms with Crippen molar-refractivity contribution in [2.24, 2.45) is 0 Å². The first-order valence-corrected chi connectivity index (χ1v) is 7.99. The standard InChI is InChI=1S/C11H12BrNO4S/c12-9-7-8(11(14)15)1-2-10(9)13-3-5-18(16,17)6-4-13/h1-2,7H,3-6H2,(H,14,15). The summed E-state index contributed by atoms with van der Waals surface area (Å²) in [7, 11) is -2.91. The fraction of sp³-hybridized carbons (Fsp3) is 0.364. The Labute approximate surface area is 113 Å². The Morgan fingerprint density at radius 1 is 1.28 bits per heavy atom. The van der Waals surface area contributed by atoms with E-state index in [1.807, 2.05) is 4.90 Å². The third-order valence-electron chi connectivity index (χ3n) is 2.88. The summed E-state index contributed by atoms with van der Waals surface area (Å²) in [6, 6.07) is 4.75. The summed E-state index contributed by atoms with van der Waals surface area (Å²) in [6.45, 7) is 0.876. The van der Waals surface area contributed by atoms with Gasteiger partial charge in [-0.05, 0) is 34.1 Å². The van der Waals surface area contributed by atoms with Crippen LogP contribution in [-0.2, 0) is 9.84 Å². The van der Waals surface area contributed by atoms with Gasteiger partial charge in [0.2, 0.25) is 0 Å². The Bertz CT molecular complexity index is 571. The minimum Gasteiger partial charge on any atom is -0.478 e. The molecule has 0 radical (unpaired) electrons. The number of carboxylic acids is 1. The van der Waals surface area contributed by atoms with Crippen LogP contribution in [0.4, 0.5) is 5.69 Å². The van der Waals surface area contributed by atoms with Gasteiger partial charge in [0.25, 0.3) is 0 Å². The molecule has 1 saturated heterocycles. The Kier molecular flexibility index (Phi) is 3.63. The number of hydrogen-bond acceptors (Lipinski definition) is 4. The van der Waals surface area contributed by atoms with Crippen LogP contribution in [0.15, 0.2) is 22.7 Å². The maximum atomic E-state index is 11.3. The first-order valence-electron chi connectivity index (χ1n) is 5.37. The highest BCUT2D eigenvalue weighted by Gasteiger charge is 2.23. The molecule has 18 heavy (non-hydrogen) atoms. The van der Waals surface area contributed by atoms with E-state index in [-0.39, 0.29) is 17.1 Å². The summed E-state index contributed by atoms with van der Waals surface area (Å²) in [5, 5.41) is 8.87. The van der Waals surface area contributed by atoms with Gasteiger partial charge in [0.15, 0.2) is 9.84 Å². The smallest absolute Gasteiger partial charge is 0.335 e. The van der Waals surface area contributed by atoms with Crippen molar-refractivity contribution in [2.45, 2.75) is 0 Å². The van der Waals surface area contributed by atoms with Crippen molar-refractivity contribution in [3.05, 3.63) is 28.2 Å². The van der Waals surface area contributed by atoms with Crippen LogP contribution in [0.25, 0.3) is 0 Å². The minimum atomic E-state index is -2.91. The quantitative estimate of drug-likeness (QED) is 0.884. The molecule has 0 spiro atoms. The minimum absolute atomic E-state index is 0.139. The highest BCUT2D eigenvalue weighted by molar-refractivity contribution is 9.10. The predicted molar refractivity (Wildman–Crippen MR) is 72.0 cm³/mol. The molecular weight excluding hydrogens is 322 g/mol. The number of benzene rings is 1. The molecule has 0 unspecified atom stereocenters. The van der Waals surface area contributed by atoms with Crippen molar-refractivity contribution < 1.29 is 18.3 Å². The fourth-order valence-electron chi connectivity index (χ4n) is 1.85. The topological polar surface area (TPSA) is 74.7 Å². The Morgan fingerprint density at radius 2 is 1.89 bits per heavy atom. The van der Waals surface area contributed by atoms with Gasteiger partial charge in [0.1, 0.15) is 0 Å². The van der Waals surface area contributed by atoms with Gasteiger partial charge in [0.05, 0.1) is 22.8 Å². The largest absolute Gasteiger partial charge is 0.478 e. The molecule has 0 atom stereocenters. The summed E-state index contributed by atoms with van der Waals surface area (Å²) in [5.41, 5.74) is 1.03. The number of carboxylic acid groups (broad SMARTS) is 1. The van der Waals surface area contributed by atoms with Crippen molar-refractivity contribution in [2.75, 3.05) is 29.5 Å². The normalized spacial score (nSPS) is 18.6. The second-order valence-corrected chi connectivity index (χ2v) is 7.27. The van der Waals surface area contributed by atoms with Crippen LogP contribution in [-0.4, -0.2) is 44.1 Å². The average Bonchev–Trinajstić information content (AvgIpc) is 2.29. The van der Waals surface area contributed by atoms with Gasteiger partial charge in [0, 0.05) is 17.6 Å². The fourth-order valence-corrected chi connectivity index (χ4v) is 3.68. The zero-order chi connectivity index (χ0) is 13.3. The van der Waals surface area contributed by atoms with Crippen molar-refractivity contribution in [1.29, 1.82) is 0 Å². The molecule has 1 aromatic carbocycles. The number of carbonyl (C=O) groups is 1. The molecule has 0 aliphatic carbocycles. The maximum absolute atomic E-state index is 11.3. The van der Waals surface area contributed by atoms with E-state index in [9.17, 15) is 13.2 Å². The third-order valence-corrected chi connectivity index (χ3v) is 5.12. The number of halogens is 1. The Hall–Kier alpha value is -1.08. The lowest BCUT2D eigenvalue weighted by Gasteiger charge is -2.29. The first kappa shape index (κ1) is 13.4. The molecule has 1 aliphatic heterocycles. The monoisotopic (exact) mass is 333 g/mol. The summed E-state index contributed by atoms with van der Waals surface area (Å²) < 4.78 is 23.3. The van der Waals surface area contributed by atoms with Gasteiger partial charge in [-0.3, -0.25) is 0 Å². The van der Waals surface area contributed by atoms with Gasteiger partial charge in [-0.15, -0.1) is 0 Å².